The molecular formula is C13H15N5O3. The Labute approximate surface area is 120 Å². The van der Waals surface area contributed by atoms with E-state index < -0.39 is 0 Å². The first kappa shape index (κ1) is 13.7. The van der Waals surface area contributed by atoms with Crippen LogP contribution in [0.2, 0.25) is 0 Å². The lowest BCUT2D eigenvalue weighted by Gasteiger charge is -2.34. The molecule has 0 bridgehead atoms. The number of aromatic nitrogens is 4. The van der Waals surface area contributed by atoms with Gasteiger partial charge in [-0.1, -0.05) is 0 Å². The monoisotopic (exact) mass is 289 g/mol. The average Bonchev–Trinajstić information content (AvgIpc) is 3.09. The van der Waals surface area contributed by atoms with E-state index in [0.717, 1.165) is 5.69 Å². The number of tetrazole rings is 1. The fraction of sp³-hybridized carbons (Fsp3) is 0.385. The van der Waals surface area contributed by atoms with E-state index in [2.05, 4.69) is 15.5 Å². The fourth-order valence-corrected chi connectivity index (χ4v) is 2.28. The van der Waals surface area contributed by atoms with Crippen LogP contribution in [0.5, 0.6) is 0 Å². The van der Waals surface area contributed by atoms with Gasteiger partial charge in [-0.2, -0.15) is 0 Å². The third kappa shape index (κ3) is 2.76. The molecule has 1 fully saturated rings. The number of morpholine rings is 1. The molecule has 1 saturated heterocycles. The molecule has 2 heterocycles. The predicted octanol–water partition coefficient (Wildman–Crippen LogP) is -0.504. The van der Waals surface area contributed by atoms with Crippen molar-refractivity contribution in [3.8, 4) is 5.69 Å². The minimum Gasteiger partial charge on any atom is -0.394 e. The summed E-state index contributed by atoms with van der Waals surface area (Å²) in [5.41, 5.74) is 1.34. The van der Waals surface area contributed by atoms with Gasteiger partial charge in [0, 0.05) is 12.1 Å². The van der Waals surface area contributed by atoms with Crippen LogP contribution in [0.25, 0.3) is 5.69 Å². The third-order valence-corrected chi connectivity index (χ3v) is 3.43. The number of hydrogen-bond acceptors (Lipinski definition) is 6. The van der Waals surface area contributed by atoms with Crippen LogP contribution >= 0.6 is 0 Å². The van der Waals surface area contributed by atoms with E-state index >= 15 is 0 Å². The molecule has 1 amide bonds. The molecule has 110 valence electrons. The molecule has 1 aliphatic rings. The Morgan fingerprint density at radius 3 is 2.86 bits per heavy atom. The van der Waals surface area contributed by atoms with Crippen molar-refractivity contribution < 1.29 is 14.6 Å². The number of rotatable bonds is 3. The highest BCUT2D eigenvalue weighted by Crippen LogP contribution is 2.14. The number of ether oxygens (including phenoxy) is 1. The lowest BCUT2D eigenvalue weighted by molar-refractivity contribution is -0.0183. The summed E-state index contributed by atoms with van der Waals surface area (Å²) in [4.78, 5) is 14.1. The first-order chi connectivity index (χ1) is 10.3. The Kier molecular flexibility index (Phi) is 3.89. The fourth-order valence-electron chi connectivity index (χ4n) is 2.28. The zero-order valence-corrected chi connectivity index (χ0v) is 11.3. The number of carbonyl (C=O) groups is 1. The van der Waals surface area contributed by atoms with Gasteiger partial charge in [0.2, 0.25) is 0 Å². The number of aliphatic hydroxyl groups is 1. The van der Waals surface area contributed by atoms with Gasteiger partial charge in [0.25, 0.3) is 5.91 Å². The maximum atomic E-state index is 12.5. The molecule has 0 spiro atoms. The summed E-state index contributed by atoms with van der Waals surface area (Å²) in [6.45, 7) is 1.24. The van der Waals surface area contributed by atoms with Crippen LogP contribution in [0, 0.1) is 0 Å². The Morgan fingerprint density at radius 2 is 2.19 bits per heavy atom. The first-order valence-electron chi connectivity index (χ1n) is 6.62. The summed E-state index contributed by atoms with van der Waals surface area (Å²) in [6, 6.07) is 6.72. The molecule has 8 heteroatoms. The summed E-state index contributed by atoms with van der Waals surface area (Å²) in [5, 5.41) is 20.2. The molecule has 1 aromatic carbocycles. The first-order valence-corrected chi connectivity index (χ1v) is 6.62. The average molecular weight is 289 g/mol. The summed E-state index contributed by atoms with van der Waals surface area (Å²) in [5.74, 6) is -0.111. The molecule has 1 aromatic heterocycles. The number of nitrogens with zero attached hydrogens (tertiary/aromatic N) is 5. The lowest BCUT2D eigenvalue weighted by Crippen LogP contribution is -2.50. The lowest BCUT2D eigenvalue weighted by atomic mass is 10.1. The van der Waals surface area contributed by atoms with Crippen molar-refractivity contribution in [2.24, 2.45) is 0 Å². The molecule has 0 aliphatic carbocycles. The van der Waals surface area contributed by atoms with Crippen molar-refractivity contribution >= 4 is 5.91 Å². The van der Waals surface area contributed by atoms with Gasteiger partial charge in [-0.15, -0.1) is 5.10 Å². The summed E-state index contributed by atoms with van der Waals surface area (Å²) < 4.78 is 6.79. The third-order valence-electron chi connectivity index (χ3n) is 3.43. The Hall–Kier alpha value is -2.32. The predicted molar refractivity (Wildman–Crippen MR) is 71.9 cm³/mol. The molecule has 1 unspecified atom stereocenters. The number of amides is 1. The van der Waals surface area contributed by atoms with Gasteiger partial charge in [0.05, 0.1) is 31.5 Å². The number of aliphatic hydroxyl groups excluding tert-OH is 1. The molecule has 3 rings (SSSR count). The molecule has 1 atom stereocenters. The molecule has 1 N–H and O–H groups in total. The SMILES string of the molecule is O=C(c1ccc(-n2cnnn2)cc1)N1CCOCC1CO. The van der Waals surface area contributed by atoms with E-state index in [-0.39, 0.29) is 18.6 Å². The van der Waals surface area contributed by atoms with Crippen molar-refractivity contribution in [2.45, 2.75) is 6.04 Å². The maximum Gasteiger partial charge on any atom is 0.254 e. The second-order valence-corrected chi connectivity index (χ2v) is 4.71. The molecule has 0 radical (unpaired) electrons. The van der Waals surface area contributed by atoms with Crippen LogP contribution in [0.15, 0.2) is 30.6 Å². The van der Waals surface area contributed by atoms with Gasteiger partial charge in [-0.3, -0.25) is 4.79 Å². The highest BCUT2D eigenvalue weighted by atomic mass is 16.5. The van der Waals surface area contributed by atoms with Crippen LogP contribution < -0.4 is 0 Å². The largest absolute Gasteiger partial charge is 0.394 e. The van der Waals surface area contributed by atoms with Crippen molar-refractivity contribution in [3.05, 3.63) is 36.2 Å². The highest BCUT2D eigenvalue weighted by Gasteiger charge is 2.27. The van der Waals surface area contributed by atoms with Crippen LogP contribution in [0.3, 0.4) is 0 Å². The van der Waals surface area contributed by atoms with Crippen molar-refractivity contribution in [1.82, 2.24) is 25.1 Å². The smallest absolute Gasteiger partial charge is 0.254 e. The van der Waals surface area contributed by atoms with E-state index in [9.17, 15) is 9.90 Å². The minimum absolute atomic E-state index is 0.103. The zero-order chi connectivity index (χ0) is 14.7. The summed E-state index contributed by atoms with van der Waals surface area (Å²) >= 11 is 0. The summed E-state index contributed by atoms with van der Waals surface area (Å²) in [7, 11) is 0. The van der Waals surface area contributed by atoms with Gasteiger partial charge in [-0.05, 0) is 34.7 Å². The number of benzene rings is 1. The Balaban J connectivity index is 1.78. The Morgan fingerprint density at radius 1 is 1.38 bits per heavy atom. The van der Waals surface area contributed by atoms with Crippen molar-refractivity contribution in [2.75, 3.05) is 26.4 Å². The van der Waals surface area contributed by atoms with E-state index in [4.69, 9.17) is 4.74 Å². The topological polar surface area (TPSA) is 93.4 Å². The molecular weight excluding hydrogens is 274 g/mol. The van der Waals surface area contributed by atoms with Gasteiger partial charge < -0.3 is 14.7 Å². The molecule has 8 nitrogen and oxygen atoms in total. The minimum atomic E-state index is -0.287. The quantitative estimate of drug-likeness (QED) is 0.818. The van der Waals surface area contributed by atoms with Gasteiger partial charge in [0.15, 0.2) is 0 Å². The maximum absolute atomic E-state index is 12.5. The van der Waals surface area contributed by atoms with E-state index in [1.807, 2.05) is 0 Å². The van der Waals surface area contributed by atoms with Crippen LogP contribution in [0.4, 0.5) is 0 Å². The van der Waals surface area contributed by atoms with Gasteiger partial charge in [-0.25, -0.2) is 4.68 Å². The second kappa shape index (κ2) is 5.98. The van der Waals surface area contributed by atoms with Crippen LogP contribution in [-0.2, 0) is 4.74 Å². The number of hydrogen-bond donors (Lipinski definition) is 1. The standard InChI is InChI=1S/C13H15N5O3/c19-7-12-8-21-6-5-17(12)13(20)10-1-3-11(4-2-10)18-9-14-15-16-18/h1-4,9,12,19H,5-8H2. The molecule has 2 aromatic rings. The molecule has 0 saturated carbocycles. The van der Waals surface area contributed by atoms with Crippen LogP contribution in [0.1, 0.15) is 10.4 Å². The van der Waals surface area contributed by atoms with E-state index in [0.29, 0.717) is 25.3 Å². The zero-order valence-electron chi connectivity index (χ0n) is 11.3. The normalized spacial score (nSPS) is 18.7. The Bertz CT molecular complexity index is 599. The molecule has 1 aliphatic heterocycles. The van der Waals surface area contributed by atoms with Crippen molar-refractivity contribution in [3.63, 3.8) is 0 Å². The second-order valence-electron chi connectivity index (χ2n) is 4.71. The van der Waals surface area contributed by atoms with Crippen molar-refractivity contribution in [1.29, 1.82) is 0 Å². The van der Waals surface area contributed by atoms with E-state index in [1.54, 1.807) is 29.2 Å². The van der Waals surface area contributed by atoms with Crippen LogP contribution in [-0.4, -0.2) is 68.5 Å². The number of carbonyl (C=O) groups excluding carboxylic acids is 1. The summed E-state index contributed by atoms with van der Waals surface area (Å²) in [6.07, 6.45) is 1.49. The highest BCUT2D eigenvalue weighted by molar-refractivity contribution is 5.94. The molecule has 21 heavy (non-hydrogen) atoms. The van der Waals surface area contributed by atoms with Gasteiger partial charge >= 0.3 is 0 Å². The van der Waals surface area contributed by atoms with E-state index in [1.165, 1.54) is 11.0 Å². The van der Waals surface area contributed by atoms with Gasteiger partial charge in [0.1, 0.15) is 6.33 Å².